The maximum Gasteiger partial charge on any atom is 0.330 e. The Hall–Kier alpha value is -3.15. The molecule has 6 heteroatoms. The van der Waals surface area contributed by atoms with E-state index < -0.39 is 17.9 Å². The molecular weight excluding hydrogens is 368 g/mol. The van der Waals surface area contributed by atoms with Crippen molar-refractivity contribution >= 4 is 23.5 Å². The second kappa shape index (κ2) is 9.37. The van der Waals surface area contributed by atoms with Crippen LogP contribution in [0, 0.1) is 26.7 Å². The molecule has 2 aromatic rings. The van der Waals surface area contributed by atoms with Crippen LogP contribution in [0.4, 0.5) is 5.69 Å². The highest BCUT2D eigenvalue weighted by Crippen LogP contribution is 2.21. The minimum Gasteiger partial charge on any atom is -0.479 e. The van der Waals surface area contributed by atoms with Crippen molar-refractivity contribution in [2.75, 3.05) is 5.32 Å². The largest absolute Gasteiger partial charge is 0.479 e. The summed E-state index contributed by atoms with van der Waals surface area (Å²) >= 11 is 0. The summed E-state index contributed by atoms with van der Waals surface area (Å²) < 4.78 is 0. The smallest absolute Gasteiger partial charge is 0.330 e. The molecule has 0 heterocycles. The molecule has 0 saturated carbocycles. The molecule has 1 atom stereocenters. The van der Waals surface area contributed by atoms with Crippen molar-refractivity contribution in [2.24, 2.45) is 5.92 Å². The molecule has 29 heavy (non-hydrogen) atoms. The van der Waals surface area contributed by atoms with Crippen LogP contribution in [0.2, 0.25) is 0 Å². The zero-order valence-electron chi connectivity index (χ0n) is 17.5. The average Bonchev–Trinajstić information content (AvgIpc) is 2.59. The van der Waals surface area contributed by atoms with Crippen LogP contribution in [0.3, 0.4) is 0 Å². The van der Waals surface area contributed by atoms with Gasteiger partial charge in [-0.3, -0.25) is 9.59 Å². The van der Waals surface area contributed by atoms with Crippen LogP contribution in [-0.4, -0.2) is 22.9 Å². The predicted molar refractivity (Wildman–Crippen MR) is 113 cm³/mol. The van der Waals surface area contributed by atoms with Crippen LogP contribution in [0.15, 0.2) is 36.4 Å². The lowest BCUT2D eigenvalue weighted by Crippen LogP contribution is -2.34. The van der Waals surface area contributed by atoms with Crippen LogP contribution < -0.4 is 10.6 Å². The van der Waals surface area contributed by atoms with Crippen molar-refractivity contribution in [3.05, 3.63) is 64.2 Å². The fourth-order valence-corrected chi connectivity index (χ4v) is 3.20. The van der Waals surface area contributed by atoms with E-state index >= 15 is 0 Å². The highest BCUT2D eigenvalue weighted by Gasteiger charge is 2.23. The van der Waals surface area contributed by atoms with Crippen LogP contribution >= 0.6 is 0 Å². The first-order chi connectivity index (χ1) is 13.6. The molecule has 6 nitrogen and oxygen atoms in total. The molecule has 154 valence electrons. The topological polar surface area (TPSA) is 95.5 Å². The first-order valence-electron chi connectivity index (χ1n) is 9.59. The summed E-state index contributed by atoms with van der Waals surface area (Å²) in [5.74, 6) is -1.45. The molecule has 0 aromatic heterocycles. The van der Waals surface area contributed by atoms with E-state index in [1.54, 1.807) is 37.3 Å². The Morgan fingerprint density at radius 2 is 1.59 bits per heavy atom. The molecular formula is C23H28N2O4. The maximum absolute atomic E-state index is 12.7. The minimum absolute atomic E-state index is 0.0824. The SMILES string of the molecule is Cc1cc(C)cc(C(NC(=O)c2ccc(NC(=O)CC(C)C)c(C)c2)C(=O)O)c1. The number of carbonyl (C=O) groups excluding carboxylic acids is 2. The van der Waals surface area contributed by atoms with Gasteiger partial charge in [0.2, 0.25) is 5.91 Å². The molecule has 2 amide bonds. The van der Waals surface area contributed by atoms with Gasteiger partial charge in [-0.25, -0.2) is 4.79 Å². The first-order valence-corrected chi connectivity index (χ1v) is 9.59. The number of anilines is 1. The second-order valence-corrected chi connectivity index (χ2v) is 7.84. The number of carbonyl (C=O) groups is 3. The molecule has 0 fully saturated rings. The van der Waals surface area contributed by atoms with Crippen molar-refractivity contribution in [1.29, 1.82) is 0 Å². The number of nitrogens with one attached hydrogen (secondary N) is 2. The Kier molecular flexibility index (Phi) is 7.15. The minimum atomic E-state index is -1.15. The first kappa shape index (κ1) is 22.1. The highest BCUT2D eigenvalue weighted by molar-refractivity contribution is 5.98. The van der Waals surface area contributed by atoms with Crippen molar-refractivity contribution in [2.45, 2.75) is 47.1 Å². The number of hydrogen-bond acceptors (Lipinski definition) is 3. The predicted octanol–water partition coefficient (Wildman–Crippen LogP) is 4.15. The summed E-state index contributed by atoms with van der Waals surface area (Å²) in [6, 6.07) is 9.19. The number of aliphatic carboxylic acids is 1. The van der Waals surface area contributed by atoms with Gasteiger partial charge in [0.1, 0.15) is 0 Å². The number of aryl methyl sites for hydroxylation is 3. The lowest BCUT2D eigenvalue weighted by molar-refractivity contribution is -0.139. The molecule has 0 aliphatic rings. The van der Waals surface area contributed by atoms with Gasteiger partial charge in [-0.05, 0) is 56.0 Å². The van der Waals surface area contributed by atoms with Crippen molar-refractivity contribution in [3.63, 3.8) is 0 Å². The number of amides is 2. The third-order valence-corrected chi connectivity index (χ3v) is 4.46. The quantitative estimate of drug-likeness (QED) is 0.655. The summed E-state index contributed by atoms with van der Waals surface area (Å²) in [6.45, 7) is 9.49. The third kappa shape index (κ3) is 6.17. The lowest BCUT2D eigenvalue weighted by Gasteiger charge is -2.17. The van der Waals surface area contributed by atoms with Gasteiger partial charge in [0.25, 0.3) is 5.91 Å². The Morgan fingerprint density at radius 1 is 0.966 bits per heavy atom. The van der Waals surface area contributed by atoms with Gasteiger partial charge in [-0.15, -0.1) is 0 Å². The molecule has 2 rings (SSSR count). The molecule has 0 radical (unpaired) electrons. The molecule has 0 saturated heterocycles. The number of carboxylic acids is 1. The van der Waals surface area contributed by atoms with Gasteiger partial charge in [0, 0.05) is 17.7 Å². The maximum atomic E-state index is 12.7. The monoisotopic (exact) mass is 396 g/mol. The van der Waals surface area contributed by atoms with Gasteiger partial charge in [-0.1, -0.05) is 43.2 Å². The van der Waals surface area contributed by atoms with Gasteiger partial charge in [0.15, 0.2) is 6.04 Å². The Labute approximate surface area is 171 Å². The molecule has 3 N–H and O–H groups in total. The fraction of sp³-hybridized carbons (Fsp3) is 0.348. The van der Waals surface area contributed by atoms with E-state index in [-0.39, 0.29) is 11.8 Å². The van der Waals surface area contributed by atoms with Gasteiger partial charge in [-0.2, -0.15) is 0 Å². The molecule has 2 aromatic carbocycles. The zero-order chi connectivity index (χ0) is 21.7. The molecule has 0 bridgehead atoms. The number of benzene rings is 2. The molecule has 0 aliphatic carbocycles. The summed E-state index contributed by atoms with van der Waals surface area (Å²) in [6.07, 6.45) is 0.415. The van der Waals surface area contributed by atoms with E-state index in [1.165, 1.54) is 0 Å². The fourth-order valence-electron chi connectivity index (χ4n) is 3.20. The molecule has 0 aliphatic heterocycles. The summed E-state index contributed by atoms with van der Waals surface area (Å²) in [5.41, 5.74) is 4.08. The average molecular weight is 396 g/mol. The van der Waals surface area contributed by atoms with Crippen LogP contribution in [0.5, 0.6) is 0 Å². The van der Waals surface area contributed by atoms with E-state index in [4.69, 9.17) is 0 Å². The molecule has 0 spiro atoms. The third-order valence-electron chi connectivity index (χ3n) is 4.46. The molecule has 1 unspecified atom stereocenters. The van der Waals surface area contributed by atoms with Crippen molar-refractivity contribution in [3.8, 4) is 0 Å². The Bertz CT molecular complexity index is 914. The van der Waals surface area contributed by atoms with E-state index in [2.05, 4.69) is 10.6 Å². The highest BCUT2D eigenvalue weighted by atomic mass is 16.4. The summed E-state index contributed by atoms with van der Waals surface area (Å²) in [4.78, 5) is 36.4. The van der Waals surface area contributed by atoms with Crippen molar-refractivity contribution < 1.29 is 19.5 Å². The van der Waals surface area contributed by atoms with Crippen LogP contribution in [0.1, 0.15) is 58.9 Å². The van der Waals surface area contributed by atoms with Crippen LogP contribution in [0.25, 0.3) is 0 Å². The van der Waals surface area contributed by atoms with Crippen molar-refractivity contribution in [1.82, 2.24) is 5.32 Å². The Morgan fingerprint density at radius 3 is 2.10 bits per heavy atom. The second-order valence-electron chi connectivity index (χ2n) is 7.84. The normalized spacial score (nSPS) is 11.8. The van der Waals surface area contributed by atoms with E-state index in [9.17, 15) is 19.5 Å². The summed E-state index contributed by atoms with van der Waals surface area (Å²) in [7, 11) is 0. The standard InChI is InChI=1S/C23H28N2O4/c1-13(2)8-20(26)24-19-7-6-17(12-16(19)5)22(27)25-21(23(28)29)18-10-14(3)9-15(4)11-18/h6-7,9-13,21H,8H2,1-5H3,(H,24,26)(H,25,27)(H,28,29). The van der Waals surface area contributed by atoms with Gasteiger partial charge >= 0.3 is 5.97 Å². The van der Waals surface area contributed by atoms with Gasteiger partial charge < -0.3 is 15.7 Å². The van der Waals surface area contributed by atoms with Crippen LogP contribution in [-0.2, 0) is 9.59 Å². The Balaban J connectivity index is 2.19. The van der Waals surface area contributed by atoms with E-state index in [1.807, 2.05) is 33.8 Å². The van der Waals surface area contributed by atoms with Gasteiger partial charge in [0.05, 0.1) is 0 Å². The number of rotatable bonds is 7. The summed E-state index contributed by atoms with van der Waals surface area (Å²) in [5, 5.41) is 15.0. The zero-order valence-corrected chi connectivity index (χ0v) is 17.5. The lowest BCUT2D eigenvalue weighted by atomic mass is 10.0. The number of hydrogen-bond donors (Lipinski definition) is 3. The van der Waals surface area contributed by atoms with E-state index in [0.29, 0.717) is 23.2 Å². The number of carboxylic acid groups (broad SMARTS) is 1. The van der Waals surface area contributed by atoms with E-state index in [0.717, 1.165) is 16.7 Å².